The Kier molecular flexibility index (Phi) is 8.26. The van der Waals surface area contributed by atoms with Crippen molar-refractivity contribution in [1.82, 2.24) is 0 Å². The van der Waals surface area contributed by atoms with Crippen LogP contribution in [0.4, 0.5) is 0 Å². The van der Waals surface area contributed by atoms with Crippen LogP contribution in [0.15, 0.2) is 109 Å². The van der Waals surface area contributed by atoms with E-state index in [0.29, 0.717) is 10.6 Å². The highest BCUT2D eigenvalue weighted by Gasteiger charge is 2.45. The lowest BCUT2D eigenvalue weighted by Gasteiger charge is -2.28. The molecular weight excluding hydrogens is 503 g/mol. The average Bonchev–Trinajstić information content (AvgIpc) is 2.84. The van der Waals surface area contributed by atoms with Gasteiger partial charge in [0.05, 0.1) is 18.8 Å². The highest BCUT2D eigenvalue weighted by atomic mass is 79.9. The van der Waals surface area contributed by atoms with Crippen LogP contribution in [0.25, 0.3) is 0 Å². The van der Waals surface area contributed by atoms with Crippen LogP contribution in [0, 0.1) is 0 Å². The molecule has 0 amide bonds. The van der Waals surface area contributed by atoms with Gasteiger partial charge in [-0.3, -0.25) is 0 Å². The second-order valence-electron chi connectivity index (χ2n) is 7.27. The molecule has 0 atom stereocenters. The van der Waals surface area contributed by atoms with Crippen LogP contribution in [0.5, 0.6) is 0 Å². The van der Waals surface area contributed by atoms with Crippen molar-refractivity contribution < 1.29 is 9.53 Å². The maximum Gasteiger partial charge on any atom is 0.337 e. The van der Waals surface area contributed by atoms with Crippen molar-refractivity contribution in [2.45, 2.75) is 6.16 Å². The summed E-state index contributed by atoms with van der Waals surface area (Å²) in [6.07, 6.45) is 0.755. The molecule has 0 aliphatic heterocycles. The Labute approximate surface area is 205 Å². The number of rotatable bonds is 6. The minimum absolute atomic E-state index is 0. The van der Waals surface area contributed by atoms with Crippen molar-refractivity contribution in [3.8, 4) is 0 Å². The molecule has 0 saturated carbocycles. The first kappa shape index (κ1) is 24.2. The van der Waals surface area contributed by atoms with E-state index in [1.54, 1.807) is 12.1 Å². The third-order valence-electron chi connectivity index (χ3n) is 5.47. The van der Waals surface area contributed by atoms with Crippen LogP contribution in [-0.4, -0.2) is 13.1 Å². The molecule has 0 spiro atoms. The highest BCUT2D eigenvalue weighted by Crippen LogP contribution is 2.58. The summed E-state index contributed by atoms with van der Waals surface area (Å²) >= 11 is 6.71. The zero-order chi connectivity index (χ0) is 21.7. The second kappa shape index (κ2) is 10.9. The predicted octanol–water partition coefficient (Wildman–Crippen LogP) is 6.20. The fourth-order valence-corrected chi connectivity index (χ4v) is 8.56. The van der Waals surface area contributed by atoms with Gasteiger partial charge in [0.25, 0.3) is 0 Å². The fourth-order valence-electron chi connectivity index (χ4n) is 3.94. The lowest BCUT2D eigenvalue weighted by atomic mass is 10.1. The number of hydrogen-bond donors (Lipinski definition) is 0. The van der Waals surface area contributed by atoms with E-state index >= 15 is 0 Å². The van der Waals surface area contributed by atoms with Crippen LogP contribution < -0.4 is 15.9 Å². The number of hydrogen-bond acceptors (Lipinski definition) is 2. The quantitative estimate of drug-likeness (QED) is 0.221. The SMILES string of the molecule is Br.COC(=O)c1ccc(C[P+](c2ccccc2)(c2ccccc2)c2ccccc2)c(Cl)c1. The standard InChI is InChI=1S/C27H23ClO2P.BrH/c1-30-27(29)21-17-18-22(26(28)19-21)20-31(23-11-5-2-6-12-23,24-13-7-3-8-14-24)25-15-9-4-10-16-25;/h2-19H,20H2,1H3;1H/q+1;. The molecule has 32 heavy (non-hydrogen) atoms. The number of methoxy groups -OCH3 is 1. The van der Waals surface area contributed by atoms with Gasteiger partial charge in [-0.05, 0) is 48.5 Å². The first-order valence-electron chi connectivity index (χ1n) is 10.1. The minimum atomic E-state index is -2.05. The molecule has 0 N–H and O–H groups in total. The molecule has 5 heteroatoms. The molecular formula is C27H24BrClO2P+. The van der Waals surface area contributed by atoms with Crippen molar-refractivity contribution in [1.29, 1.82) is 0 Å². The Hall–Kier alpha value is -2.45. The van der Waals surface area contributed by atoms with Gasteiger partial charge < -0.3 is 4.74 Å². The van der Waals surface area contributed by atoms with E-state index in [2.05, 4.69) is 72.8 Å². The molecule has 0 bridgehead atoms. The molecule has 4 rings (SSSR count). The summed E-state index contributed by atoms with van der Waals surface area (Å²) < 4.78 is 4.85. The van der Waals surface area contributed by atoms with Crippen molar-refractivity contribution in [3.63, 3.8) is 0 Å². The van der Waals surface area contributed by atoms with E-state index in [0.717, 1.165) is 11.7 Å². The van der Waals surface area contributed by atoms with Crippen LogP contribution in [0.1, 0.15) is 15.9 Å². The largest absolute Gasteiger partial charge is 0.465 e. The van der Waals surface area contributed by atoms with Gasteiger partial charge in [-0.2, -0.15) is 0 Å². The molecule has 2 nitrogen and oxygen atoms in total. The normalized spacial score (nSPS) is 10.8. The van der Waals surface area contributed by atoms with E-state index in [4.69, 9.17) is 16.3 Å². The third kappa shape index (κ3) is 4.81. The van der Waals surface area contributed by atoms with Crippen LogP contribution in [-0.2, 0) is 10.9 Å². The summed E-state index contributed by atoms with van der Waals surface area (Å²) in [6.45, 7) is 0. The number of benzene rings is 4. The van der Waals surface area contributed by atoms with Gasteiger partial charge in [0, 0.05) is 10.6 Å². The average molecular weight is 527 g/mol. The monoisotopic (exact) mass is 525 g/mol. The van der Waals surface area contributed by atoms with E-state index in [1.807, 2.05) is 24.3 Å². The van der Waals surface area contributed by atoms with Crippen LogP contribution >= 0.6 is 35.8 Å². The molecule has 4 aromatic rings. The Morgan fingerprint density at radius 3 is 1.56 bits per heavy atom. The number of halogens is 2. The maximum atomic E-state index is 12.0. The lowest BCUT2D eigenvalue weighted by Crippen LogP contribution is -2.32. The number of carbonyl (C=O) groups excluding carboxylic acids is 1. The Bertz CT molecular complexity index is 1070. The molecule has 0 fully saturated rings. The van der Waals surface area contributed by atoms with E-state index in [1.165, 1.54) is 23.0 Å². The van der Waals surface area contributed by atoms with Crippen molar-refractivity contribution in [2.75, 3.05) is 7.11 Å². The summed E-state index contributed by atoms with van der Waals surface area (Å²) in [5, 5.41) is 4.46. The minimum Gasteiger partial charge on any atom is -0.465 e. The van der Waals surface area contributed by atoms with Crippen molar-refractivity contribution in [3.05, 3.63) is 125 Å². The Balaban J connectivity index is 0.00000289. The molecule has 0 radical (unpaired) electrons. The van der Waals surface area contributed by atoms with Gasteiger partial charge in [-0.15, -0.1) is 17.0 Å². The topological polar surface area (TPSA) is 26.3 Å². The van der Waals surface area contributed by atoms with Gasteiger partial charge in [0.15, 0.2) is 0 Å². The van der Waals surface area contributed by atoms with Gasteiger partial charge in [-0.25, -0.2) is 4.79 Å². The van der Waals surface area contributed by atoms with Crippen LogP contribution in [0.2, 0.25) is 5.02 Å². The zero-order valence-electron chi connectivity index (χ0n) is 17.6. The molecule has 0 unspecified atom stereocenters. The summed E-state index contributed by atoms with van der Waals surface area (Å²) in [5.41, 5.74) is 1.47. The first-order valence-corrected chi connectivity index (χ1v) is 12.4. The fraction of sp³-hybridized carbons (Fsp3) is 0.0741. The molecule has 0 aliphatic rings. The first-order chi connectivity index (χ1) is 15.1. The van der Waals surface area contributed by atoms with E-state index in [-0.39, 0.29) is 23.0 Å². The number of esters is 1. The van der Waals surface area contributed by atoms with E-state index < -0.39 is 7.26 Å². The van der Waals surface area contributed by atoms with Crippen LogP contribution in [0.3, 0.4) is 0 Å². The van der Waals surface area contributed by atoms with Gasteiger partial charge in [0.2, 0.25) is 0 Å². The van der Waals surface area contributed by atoms with Gasteiger partial charge >= 0.3 is 5.97 Å². The molecule has 162 valence electrons. The Morgan fingerprint density at radius 2 is 1.19 bits per heavy atom. The summed E-state index contributed by atoms with van der Waals surface area (Å²) in [5.74, 6) is -0.385. The summed E-state index contributed by atoms with van der Waals surface area (Å²) in [4.78, 5) is 12.0. The second-order valence-corrected chi connectivity index (χ2v) is 11.2. The van der Waals surface area contributed by atoms with Gasteiger partial charge in [-0.1, -0.05) is 72.3 Å². The summed E-state index contributed by atoms with van der Waals surface area (Å²) in [7, 11) is -0.673. The van der Waals surface area contributed by atoms with Gasteiger partial charge in [0.1, 0.15) is 23.2 Å². The number of carbonyl (C=O) groups is 1. The Morgan fingerprint density at radius 1 is 0.750 bits per heavy atom. The number of ether oxygens (including phenoxy) is 1. The van der Waals surface area contributed by atoms with Crippen molar-refractivity contribution >= 4 is 57.7 Å². The van der Waals surface area contributed by atoms with Crippen molar-refractivity contribution in [2.24, 2.45) is 0 Å². The maximum absolute atomic E-state index is 12.0. The molecule has 0 heterocycles. The molecule has 0 saturated heterocycles. The third-order valence-corrected chi connectivity index (χ3v) is 10.2. The predicted molar refractivity (Wildman–Crippen MR) is 142 cm³/mol. The highest BCUT2D eigenvalue weighted by molar-refractivity contribution is 8.93. The molecule has 4 aromatic carbocycles. The smallest absolute Gasteiger partial charge is 0.337 e. The zero-order valence-corrected chi connectivity index (χ0v) is 21.0. The molecule has 0 aliphatic carbocycles. The van der Waals surface area contributed by atoms with E-state index in [9.17, 15) is 4.79 Å². The molecule has 0 aromatic heterocycles. The lowest BCUT2D eigenvalue weighted by molar-refractivity contribution is 0.0600. The summed E-state index contributed by atoms with van der Waals surface area (Å²) in [6, 6.07) is 37.4.